The second-order valence-corrected chi connectivity index (χ2v) is 3.38. The highest BCUT2D eigenvalue weighted by molar-refractivity contribution is 9.09. The van der Waals surface area contributed by atoms with E-state index in [0.29, 0.717) is 0 Å². The van der Waals surface area contributed by atoms with Gasteiger partial charge < -0.3 is 0 Å². The van der Waals surface area contributed by atoms with Crippen molar-refractivity contribution in [1.82, 2.24) is 0 Å². The fourth-order valence-corrected chi connectivity index (χ4v) is 1.34. The molecule has 0 amide bonds. The van der Waals surface area contributed by atoms with Crippen LogP contribution in [-0.2, 0) is 0 Å². The molecule has 0 aliphatic carbocycles. The maximum atomic E-state index is 3.39. The summed E-state index contributed by atoms with van der Waals surface area (Å²) in [6.07, 6.45) is 5.40. The van der Waals surface area contributed by atoms with Crippen LogP contribution in [0.4, 0.5) is 0 Å². The zero-order valence-corrected chi connectivity index (χ0v) is 10.3. The minimum absolute atomic E-state index is 0. The highest BCUT2D eigenvalue weighted by atomic mass is 79.9. The van der Waals surface area contributed by atoms with Gasteiger partial charge in [-0.1, -0.05) is 44.7 Å². The van der Waals surface area contributed by atoms with Crippen molar-refractivity contribution in [2.24, 2.45) is 0 Å². The van der Waals surface area contributed by atoms with Crippen LogP contribution < -0.4 is 0 Å². The van der Waals surface area contributed by atoms with Gasteiger partial charge in [-0.3, -0.25) is 0 Å². The Balaban J connectivity index is 0. The Kier molecular flexibility index (Phi) is 17.6. The number of hydrogen-bond acceptors (Lipinski definition) is 0. The molecular formula is C6H13Br3. The lowest BCUT2D eigenvalue weighted by Gasteiger charge is -1.92. The number of halogens is 3. The third kappa shape index (κ3) is 12.6. The Morgan fingerprint density at radius 3 is 1.22 bits per heavy atom. The third-order valence-electron chi connectivity index (χ3n) is 1.02. The van der Waals surface area contributed by atoms with Gasteiger partial charge in [0.05, 0.1) is 0 Å². The van der Waals surface area contributed by atoms with Crippen LogP contribution >= 0.6 is 48.8 Å². The van der Waals surface area contributed by atoms with Crippen LogP contribution in [0.3, 0.4) is 0 Å². The number of unbranched alkanes of at least 4 members (excludes halogenated alkanes) is 3. The van der Waals surface area contributed by atoms with Crippen molar-refractivity contribution < 1.29 is 0 Å². The third-order valence-corrected chi connectivity index (χ3v) is 2.14. The molecule has 0 fully saturated rings. The summed E-state index contributed by atoms with van der Waals surface area (Å²) in [5, 5.41) is 2.32. The van der Waals surface area contributed by atoms with Crippen molar-refractivity contribution in [2.75, 3.05) is 10.7 Å². The summed E-state index contributed by atoms with van der Waals surface area (Å²) in [4.78, 5) is 0. The van der Waals surface area contributed by atoms with E-state index in [1.165, 1.54) is 25.7 Å². The molecule has 0 saturated heterocycles. The first-order valence-electron chi connectivity index (χ1n) is 3.03. The Morgan fingerprint density at radius 1 is 0.667 bits per heavy atom. The maximum Gasteiger partial charge on any atom is 0.00313 e. The quantitative estimate of drug-likeness (QED) is 0.531. The molecule has 0 nitrogen and oxygen atoms in total. The van der Waals surface area contributed by atoms with Gasteiger partial charge in [-0.2, -0.15) is 0 Å². The monoisotopic (exact) mass is 322 g/mol. The topological polar surface area (TPSA) is 0 Å². The number of alkyl halides is 2. The zero-order valence-electron chi connectivity index (χ0n) is 5.41. The largest absolute Gasteiger partial charge is 0.114 e. The van der Waals surface area contributed by atoms with Crippen molar-refractivity contribution in [3.05, 3.63) is 0 Å². The van der Waals surface area contributed by atoms with Crippen molar-refractivity contribution >= 4 is 48.8 Å². The minimum atomic E-state index is 0. The van der Waals surface area contributed by atoms with Crippen LogP contribution in [0.25, 0.3) is 0 Å². The van der Waals surface area contributed by atoms with Gasteiger partial charge in [0.2, 0.25) is 0 Å². The van der Waals surface area contributed by atoms with E-state index in [2.05, 4.69) is 31.9 Å². The van der Waals surface area contributed by atoms with Crippen molar-refractivity contribution in [2.45, 2.75) is 25.7 Å². The standard InChI is InChI=1S/C6H12Br2.BrH/c7-5-3-1-2-4-6-8;/h1-6H2;1H. The fourth-order valence-electron chi connectivity index (χ4n) is 0.543. The second kappa shape index (κ2) is 12.1. The van der Waals surface area contributed by atoms with Gasteiger partial charge in [0.1, 0.15) is 0 Å². The molecule has 0 aliphatic rings. The summed E-state index contributed by atoms with van der Waals surface area (Å²) in [5.41, 5.74) is 0. The normalized spacial score (nSPS) is 8.67. The molecule has 0 heterocycles. The van der Waals surface area contributed by atoms with E-state index in [1.54, 1.807) is 0 Å². The van der Waals surface area contributed by atoms with Gasteiger partial charge in [-0.25, -0.2) is 0 Å². The highest BCUT2D eigenvalue weighted by Gasteiger charge is 1.84. The Hall–Kier alpha value is 1.44. The molecule has 0 aromatic rings. The summed E-state index contributed by atoms with van der Waals surface area (Å²) in [6, 6.07) is 0. The molecule has 0 saturated carbocycles. The van der Waals surface area contributed by atoms with Crippen LogP contribution in [-0.4, -0.2) is 10.7 Å². The van der Waals surface area contributed by atoms with Crippen LogP contribution in [0.5, 0.6) is 0 Å². The van der Waals surface area contributed by atoms with Crippen molar-refractivity contribution in [3.8, 4) is 0 Å². The van der Waals surface area contributed by atoms with Gasteiger partial charge in [0.15, 0.2) is 0 Å². The van der Waals surface area contributed by atoms with Crippen LogP contribution in [0.15, 0.2) is 0 Å². The van der Waals surface area contributed by atoms with Crippen LogP contribution in [0.2, 0.25) is 0 Å². The molecule has 0 spiro atoms. The predicted molar refractivity (Wildman–Crippen MR) is 56.4 cm³/mol. The van der Waals surface area contributed by atoms with Crippen molar-refractivity contribution in [3.63, 3.8) is 0 Å². The Bertz CT molecular complexity index is 33.3. The van der Waals surface area contributed by atoms with E-state index in [4.69, 9.17) is 0 Å². The van der Waals surface area contributed by atoms with E-state index >= 15 is 0 Å². The van der Waals surface area contributed by atoms with E-state index in [0.717, 1.165) is 10.7 Å². The molecule has 0 N–H and O–H groups in total. The average Bonchev–Trinajstić information content (AvgIpc) is 1.81. The minimum Gasteiger partial charge on any atom is -0.114 e. The average molecular weight is 325 g/mol. The lowest BCUT2D eigenvalue weighted by Crippen LogP contribution is -1.78. The zero-order chi connectivity index (χ0) is 6.24. The van der Waals surface area contributed by atoms with Crippen LogP contribution in [0, 0.1) is 0 Å². The van der Waals surface area contributed by atoms with E-state index in [1.807, 2.05) is 0 Å². The Labute approximate surface area is 84.8 Å². The second-order valence-electron chi connectivity index (χ2n) is 1.79. The van der Waals surface area contributed by atoms with Crippen molar-refractivity contribution in [1.29, 1.82) is 0 Å². The SMILES string of the molecule is Br.BrCCCCCCBr. The van der Waals surface area contributed by atoms with E-state index in [-0.39, 0.29) is 17.0 Å². The molecule has 0 aromatic carbocycles. The molecule has 0 aromatic heterocycles. The molecule has 9 heavy (non-hydrogen) atoms. The molecule has 3 heteroatoms. The molecule has 0 rings (SSSR count). The molecule has 0 unspecified atom stereocenters. The molecule has 0 aliphatic heterocycles. The Morgan fingerprint density at radius 2 is 1.00 bits per heavy atom. The predicted octanol–water partition coefficient (Wildman–Crippen LogP) is 3.91. The number of hydrogen-bond donors (Lipinski definition) is 0. The lowest BCUT2D eigenvalue weighted by atomic mass is 10.2. The first-order chi connectivity index (χ1) is 3.91. The lowest BCUT2D eigenvalue weighted by molar-refractivity contribution is 0.715. The first kappa shape index (κ1) is 13.1. The van der Waals surface area contributed by atoms with Gasteiger partial charge in [-0.05, 0) is 12.8 Å². The first-order valence-corrected chi connectivity index (χ1v) is 5.28. The molecule has 0 bridgehead atoms. The maximum absolute atomic E-state index is 3.39. The smallest absolute Gasteiger partial charge is 0.00313 e. The highest BCUT2D eigenvalue weighted by Crippen LogP contribution is 2.02. The summed E-state index contributed by atoms with van der Waals surface area (Å²) in [5.74, 6) is 0. The summed E-state index contributed by atoms with van der Waals surface area (Å²) in [6.45, 7) is 0. The summed E-state index contributed by atoms with van der Waals surface area (Å²) < 4.78 is 0. The van der Waals surface area contributed by atoms with Gasteiger partial charge in [0, 0.05) is 10.7 Å². The summed E-state index contributed by atoms with van der Waals surface area (Å²) in [7, 11) is 0. The molecule has 0 atom stereocenters. The molecule has 0 radical (unpaired) electrons. The molecule has 58 valence electrons. The summed E-state index contributed by atoms with van der Waals surface area (Å²) >= 11 is 6.78. The van der Waals surface area contributed by atoms with Crippen LogP contribution in [0.1, 0.15) is 25.7 Å². The fraction of sp³-hybridized carbons (Fsp3) is 1.00. The van der Waals surface area contributed by atoms with E-state index in [9.17, 15) is 0 Å². The molecular weight excluding hydrogens is 312 g/mol. The van der Waals surface area contributed by atoms with Gasteiger partial charge in [-0.15, -0.1) is 17.0 Å². The van der Waals surface area contributed by atoms with Gasteiger partial charge >= 0.3 is 0 Å². The number of rotatable bonds is 5. The van der Waals surface area contributed by atoms with E-state index < -0.39 is 0 Å². The van der Waals surface area contributed by atoms with Gasteiger partial charge in [0.25, 0.3) is 0 Å².